The lowest BCUT2D eigenvalue weighted by atomic mass is 10.00. The standard InChI is InChI=1S/C42H40F3N7O8S/c1-50(28-4-7-30-26(18-28)22-52(42(30)56)35-10-11-36(53)48-41(35)55)14-15-59-16-17-60-29-5-2-24(3-6-29)25-19-31-32(21-47-40(31)46-20-25)39(54)37-33(44)8-9-34(38(37)45)49-61(57,58)51-13-12-27(43)23-51/h2-9,18-21,27,35,49H,10-17,22-23H2,1H3,(H,46,47)(H,48,53,55)/t27-,35?/m1/s1. The Morgan fingerprint density at radius 2 is 1.80 bits per heavy atom. The second-order valence-electron chi connectivity index (χ2n) is 14.9. The van der Waals surface area contributed by atoms with E-state index in [4.69, 9.17) is 9.47 Å². The molecule has 3 aliphatic heterocycles. The SMILES string of the molecule is CN(CCOCCOc1ccc(-c2cnc3[nH]cc(C(=O)c4c(F)ccc(NS(=O)(=O)N5CC[C@@H](F)C5)c4F)c3c2)cc1)c1ccc2c(c1)CN(C1CCC(=O)NC1=O)C2=O. The van der Waals surface area contributed by atoms with Crippen LogP contribution < -0.4 is 19.7 Å². The molecule has 2 aromatic heterocycles. The number of likely N-dealkylation sites (N-methyl/N-ethyl adjacent to an activating group) is 1. The number of ketones is 1. The molecule has 3 amide bonds. The highest BCUT2D eigenvalue weighted by Gasteiger charge is 2.39. The van der Waals surface area contributed by atoms with Crippen LogP contribution in [0.1, 0.15) is 51.1 Å². The number of anilines is 2. The van der Waals surface area contributed by atoms with Gasteiger partial charge in [-0.25, -0.2) is 18.2 Å². The van der Waals surface area contributed by atoms with Crippen LogP contribution in [-0.2, 0) is 31.1 Å². The van der Waals surface area contributed by atoms with E-state index in [1.54, 1.807) is 42.6 Å². The molecule has 5 aromatic rings. The third-order valence-electron chi connectivity index (χ3n) is 11.0. The number of carbonyl (C=O) groups is 4. The van der Waals surface area contributed by atoms with Gasteiger partial charge in [0.1, 0.15) is 36.0 Å². The molecule has 2 atom stereocenters. The number of aromatic amines is 1. The molecule has 2 saturated heterocycles. The summed E-state index contributed by atoms with van der Waals surface area (Å²) >= 11 is 0. The van der Waals surface area contributed by atoms with Gasteiger partial charge in [-0.1, -0.05) is 12.1 Å². The molecule has 0 aliphatic carbocycles. The Labute approximate surface area is 348 Å². The Hall–Kier alpha value is -6.31. The number of hydrogen-bond donors (Lipinski definition) is 3. The van der Waals surface area contributed by atoms with Gasteiger partial charge in [0.25, 0.3) is 5.91 Å². The number of H-pyrrole nitrogens is 1. The molecular formula is C42H40F3N7O8S. The van der Waals surface area contributed by atoms with E-state index in [9.17, 15) is 32.0 Å². The van der Waals surface area contributed by atoms with Gasteiger partial charge in [-0.15, -0.1) is 0 Å². The second kappa shape index (κ2) is 17.0. The molecule has 1 unspecified atom stereocenters. The van der Waals surface area contributed by atoms with Gasteiger partial charge in [0.2, 0.25) is 17.6 Å². The van der Waals surface area contributed by atoms with Crippen molar-refractivity contribution >= 4 is 56.1 Å². The molecular weight excluding hydrogens is 820 g/mol. The Morgan fingerprint density at radius 3 is 2.56 bits per heavy atom. The van der Waals surface area contributed by atoms with Crippen LogP contribution in [0.3, 0.4) is 0 Å². The third-order valence-corrected chi connectivity index (χ3v) is 12.5. The van der Waals surface area contributed by atoms with Crippen molar-refractivity contribution in [1.29, 1.82) is 0 Å². The van der Waals surface area contributed by atoms with Crippen molar-refractivity contribution in [3.8, 4) is 16.9 Å². The smallest absolute Gasteiger partial charge is 0.301 e. The number of piperidine rings is 1. The summed E-state index contributed by atoms with van der Waals surface area (Å²) in [6.45, 7) is 1.33. The summed E-state index contributed by atoms with van der Waals surface area (Å²) < 4.78 is 84.3. The summed E-state index contributed by atoms with van der Waals surface area (Å²) in [5, 5.41) is 2.60. The lowest BCUT2D eigenvalue weighted by molar-refractivity contribution is -0.136. The van der Waals surface area contributed by atoms with Crippen molar-refractivity contribution in [1.82, 2.24) is 24.5 Å². The lowest BCUT2D eigenvalue weighted by Crippen LogP contribution is -2.52. The molecule has 3 aromatic carbocycles. The number of halogens is 3. The number of aromatic nitrogens is 2. The largest absolute Gasteiger partial charge is 0.491 e. The van der Waals surface area contributed by atoms with Crippen LogP contribution in [0.5, 0.6) is 5.75 Å². The van der Waals surface area contributed by atoms with E-state index < -0.39 is 63.5 Å². The topological polar surface area (TPSA) is 183 Å². The fourth-order valence-electron chi connectivity index (χ4n) is 7.63. The van der Waals surface area contributed by atoms with E-state index in [-0.39, 0.29) is 54.4 Å². The number of pyridine rings is 1. The van der Waals surface area contributed by atoms with E-state index >= 15 is 8.78 Å². The fourth-order valence-corrected chi connectivity index (χ4v) is 8.89. The summed E-state index contributed by atoms with van der Waals surface area (Å²) in [5.74, 6) is -4.07. The number of carbonyl (C=O) groups excluding carboxylic acids is 4. The van der Waals surface area contributed by atoms with Crippen LogP contribution in [0.25, 0.3) is 22.2 Å². The van der Waals surface area contributed by atoms with Gasteiger partial charge in [-0.3, -0.25) is 29.2 Å². The van der Waals surface area contributed by atoms with E-state index in [1.807, 2.05) is 28.8 Å². The van der Waals surface area contributed by atoms with Gasteiger partial charge in [0, 0.05) is 79.8 Å². The Kier molecular flexibility index (Phi) is 11.5. The average molecular weight is 860 g/mol. The number of nitrogens with zero attached hydrogens (tertiary/aromatic N) is 4. The monoisotopic (exact) mass is 859 g/mol. The molecule has 3 N–H and O–H groups in total. The number of ether oxygens (including phenoxy) is 2. The Balaban J connectivity index is 0.836. The number of alkyl halides is 1. The number of rotatable bonds is 15. The lowest BCUT2D eigenvalue weighted by Gasteiger charge is -2.29. The minimum absolute atomic E-state index is 0.00832. The first-order valence-electron chi connectivity index (χ1n) is 19.5. The van der Waals surface area contributed by atoms with Crippen LogP contribution in [-0.4, -0.2) is 110 Å². The molecule has 5 heterocycles. The van der Waals surface area contributed by atoms with Gasteiger partial charge in [0.05, 0.1) is 24.5 Å². The first-order valence-corrected chi connectivity index (χ1v) is 20.9. The van der Waals surface area contributed by atoms with Crippen molar-refractivity contribution in [2.24, 2.45) is 0 Å². The molecule has 8 rings (SSSR count). The maximum atomic E-state index is 15.7. The summed E-state index contributed by atoms with van der Waals surface area (Å²) in [6, 6.07) is 15.2. The third kappa shape index (κ3) is 8.53. The number of imide groups is 1. The minimum atomic E-state index is -4.37. The van der Waals surface area contributed by atoms with Crippen molar-refractivity contribution in [3.05, 3.63) is 107 Å². The highest BCUT2D eigenvalue weighted by molar-refractivity contribution is 7.90. The molecule has 318 valence electrons. The Morgan fingerprint density at radius 1 is 1.00 bits per heavy atom. The summed E-state index contributed by atoms with van der Waals surface area (Å²) in [4.78, 5) is 61.3. The number of benzene rings is 3. The summed E-state index contributed by atoms with van der Waals surface area (Å²) in [6.07, 6.45) is 1.98. The zero-order valence-corrected chi connectivity index (χ0v) is 33.6. The molecule has 15 nitrogen and oxygen atoms in total. The predicted molar refractivity (Wildman–Crippen MR) is 217 cm³/mol. The van der Waals surface area contributed by atoms with Crippen LogP contribution in [0.2, 0.25) is 0 Å². The maximum Gasteiger partial charge on any atom is 0.301 e. The van der Waals surface area contributed by atoms with E-state index in [0.717, 1.165) is 27.7 Å². The molecule has 3 aliphatic rings. The molecule has 0 spiro atoms. The van der Waals surface area contributed by atoms with Crippen LogP contribution in [0, 0.1) is 11.6 Å². The normalized spacial score (nSPS) is 18.1. The summed E-state index contributed by atoms with van der Waals surface area (Å²) in [7, 11) is -2.46. The van der Waals surface area contributed by atoms with Crippen LogP contribution in [0.4, 0.5) is 24.5 Å². The van der Waals surface area contributed by atoms with E-state index in [2.05, 4.69) is 15.3 Å². The molecule has 0 bridgehead atoms. The number of amides is 3. The highest BCUT2D eigenvalue weighted by atomic mass is 32.2. The molecule has 0 radical (unpaired) electrons. The van der Waals surface area contributed by atoms with Crippen LogP contribution >= 0.6 is 0 Å². The fraction of sp³-hybridized carbons (Fsp3) is 0.310. The zero-order chi connectivity index (χ0) is 43.0. The second-order valence-corrected chi connectivity index (χ2v) is 16.6. The van der Waals surface area contributed by atoms with Crippen molar-refractivity contribution in [2.45, 2.75) is 38.0 Å². The molecule has 0 saturated carbocycles. The van der Waals surface area contributed by atoms with Gasteiger partial charge in [-0.2, -0.15) is 12.7 Å². The minimum Gasteiger partial charge on any atom is -0.491 e. The first-order chi connectivity index (χ1) is 29.3. The number of fused-ring (bicyclic) bond motifs is 2. The van der Waals surface area contributed by atoms with Gasteiger partial charge >= 0.3 is 10.2 Å². The van der Waals surface area contributed by atoms with Crippen molar-refractivity contribution in [2.75, 3.05) is 56.1 Å². The number of hydrogen-bond acceptors (Lipinski definition) is 10. The van der Waals surface area contributed by atoms with E-state index in [1.165, 1.54) is 11.1 Å². The number of nitrogens with one attached hydrogen (secondary N) is 3. The molecule has 61 heavy (non-hydrogen) atoms. The quantitative estimate of drug-likeness (QED) is 0.0756. The van der Waals surface area contributed by atoms with Gasteiger partial charge < -0.3 is 24.3 Å². The Bertz CT molecular complexity index is 2660. The van der Waals surface area contributed by atoms with Gasteiger partial charge in [-0.05, 0) is 72.5 Å². The molecule has 19 heteroatoms. The van der Waals surface area contributed by atoms with Crippen molar-refractivity contribution < 1.29 is 50.2 Å². The van der Waals surface area contributed by atoms with E-state index in [0.29, 0.717) is 55.2 Å². The highest BCUT2D eigenvalue weighted by Crippen LogP contribution is 2.32. The summed E-state index contributed by atoms with van der Waals surface area (Å²) in [5.41, 5.74) is 2.14. The van der Waals surface area contributed by atoms with Gasteiger partial charge in [0.15, 0.2) is 5.82 Å². The predicted octanol–water partition coefficient (Wildman–Crippen LogP) is 4.73. The molecule has 2 fully saturated rings. The first kappa shape index (κ1) is 41.4. The average Bonchev–Trinajstić information content (AvgIpc) is 3.97. The maximum absolute atomic E-state index is 15.7. The zero-order valence-electron chi connectivity index (χ0n) is 32.8. The van der Waals surface area contributed by atoms with Crippen molar-refractivity contribution in [3.63, 3.8) is 0 Å². The van der Waals surface area contributed by atoms with Crippen LogP contribution in [0.15, 0.2) is 73.1 Å².